The number of thioether (sulfide) groups is 2. The minimum absolute atomic E-state index is 0.0226. The Morgan fingerprint density at radius 1 is 0.692 bits per heavy atom. The van der Waals surface area contributed by atoms with Crippen LogP contribution in [-0.2, 0) is 9.59 Å². The summed E-state index contributed by atoms with van der Waals surface area (Å²) in [4.78, 5) is 55.7. The summed E-state index contributed by atoms with van der Waals surface area (Å²) in [5.74, 6) is -1.69. The maximum Gasteiger partial charge on any atom is 0.298 e. The Morgan fingerprint density at radius 2 is 1.10 bits per heavy atom. The van der Waals surface area contributed by atoms with Gasteiger partial charge in [0.05, 0.1) is 15.9 Å². The number of halogens is 2. The van der Waals surface area contributed by atoms with E-state index in [1.165, 1.54) is 48.5 Å². The van der Waals surface area contributed by atoms with E-state index in [0.29, 0.717) is 11.1 Å². The number of nitrogens with one attached hydrogen (secondary N) is 1. The first-order valence-corrected chi connectivity index (χ1v) is 14.3. The number of hydrogen-bond donors (Lipinski definition) is 1. The van der Waals surface area contributed by atoms with Crippen LogP contribution in [0.5, 0.6) is 0 Å². The molecule has 1 N–H and O–H groups in total. The summed E-state index contributed by atoms with van der Waals surface area (Å²) in [5.41, 5.74) is 1.20. The first-order chi connectivity index (χ1) is 18.8. The van der Waals surface area contributed by atoms with Gasteiger partial charge in [0, 0.05) is 0 Å². The van der Waals surface area contributed by atoms with Crippen molar-refractivity contribution in [2.75, 3.05) is 13.3 Å². The average molecular weight is 571 g/mol. The monoisotopic (exact) mass is 570 g/mol. The number of rotatable bonds is 7. The molecule has 0 bridgehead atoms. The van der Waals surface area contributed by atoms with Gasteiger partial charge in [-0.15, -0.1) is 0 Å². The second kappa shape index (κ2) is 11.8. The molecule has 3 fully saturated rings. The maximum atomic E-state index is 13.3. The van der Waals surface area contributed by atoms with E-state index in [2.05, 4.69) is 0 Å². The van der Waals surface area contributed by atoms with Gasteiger partial charge in [-0.3, -0.25) is 24.1 Å². The third-order valence-electron chi connectivity index (χ3n) is 6.99. The van der Waals surface area contributed by atoms with Crippen molar-refractivity contribution in [2.45, 2.75) is 38.1 Å². The van der Waals surface area contributed by atoms with Crippen LogP contribution in [0.15, 0.2) is 58.3 Å². The van der Waals surface area contributed by atoms with Gasteiger partial charge in [-0.2, -0.15) is 0 Å². The summed E-state index contributed by atoms with van der Waals surface area (Å²) in [6.45, 7) is 0.0453. The van der Waals surface area contributed by atoms with Gasteiger partial charge in [-0.05, 0) is 96.8 Å². The number of amides is 4. The van der Waals surface area contributed by atoms with E-state index in [1.54, 1.807) is 12.2 Å². The first kappa shape index (κ1) is 27.3. The molecule has 2 aliphatic heterocycles. The van der Waals surface area contributed by atoms with Crippen LogP contribution in [0.4, 0.5) is 18.4 Å². The smallest absolute Gasteiger partial charge is 0.297 e. The fraction of sp³-hybridized carbons (Fsp3) is 0.286. The Morgan fingerprint density at radius 3 is 1.51 bits per heavy atom. The summed E-state index contributed by atoms with van der Waals surface area (Å²) in [6, 6.07) is 11.3. The highest BCUT2D eigenvalue weighted by molar-refractivity contribution is 8.18. The van der Waals surface area contributed by atoms with Crippen molar-refractivity contribution in [3.63, 3.8) is 0 Å². The van der Waals surface area contributed by atoms with E-state index in [4.69, 9.17) is 0 Å². The molecular weight excluding hydrogens is 544 g/mol. The standard InChI is InChI=1S/C28H25F2N3O4S2/c29-20-10-6-18(7-11-20)14-23-25(34)32(27(36)38-23)16-31(22-4-2-1-3-5-22)17-33-26(35)24(39-28(33)37)15-19-8-12-21(30)13-9-19/h6-15,22H,1-5,16-17H2/p+1/b23-14-,24-15-. The van der Waals surface area contributed by atoms with E-state index in [0.717, 1.165) is 70.3 Å². The normalized spacial score (nSPS) is 20.9. The van der Waals surface area contributed by atoms with Crippen LogP contribution < -0.4 is 4.90 Å². The summed E-state index contributed by atoms with van der Waals surface area (Å²) in [6.07, 6.45) is 7.91. The lowest BCUT2D eigenvalue weighted by Gasteiger charge is -2.34. The number of carbonyl (C=O) groups is 4. The molecule has 2 heterocycles. The van der Waals surface area contributed by atoms with Crippen LogP contribution in [0.25, 0.3) is 12.2 Å². The molecule has 2 aromatic carbocycles. The minimum atomic E-state index is -0.451. The van der Waals surface area contributed by atoms with Gasteiger partial charge in [-0.1, -0.05) is 30.7 Å². The molecule has 0 atom stereocenters. The van der Waals surface area contributed by atoms with Gasteiger partial charge in [0.15, 0.2) is 13.3 Å². The third kappa shape index (κ3) is 6.32. The number of nitrogens with zero attached hydrogens (tertiary/aromatic N) is 2. The Bertz CT molecular complexity index is 1260. The molecule has 0 spiro atoms. The van der Waals surface area contributed by atoms with Crippen LogP contribution in [0.1, 0.15) is 43.2 Å². The third-order valence-corrected chi connectivity index (χ3v) is 8.80. The largest absolute Gasteiger partial charge is 0.298 e. The number of quaternary nitrogens is 1. The zero-order valence-electron chi connectivity index (χ0n) is 20.9. The second-order valence-corrected chi connectivity index (χ2v) is 11.6. The number of imide groups is 2. The van der Waals surface area contributed by atoms with E-state index >= 15 is 0 Å². The van der Waals surface area contributed by atoms with Crippen molar-refractivity contribution in [3.05, 3.63) is 81.1 Å². The zero-order valence-corrected chi connectivity index (χ0v) is 22.5. The lowest BCUT2D eigenvalue weighted by Crippen LogP contribution is -3.18. The molecule has 3 aliphatic rings. The minimum Gasteiger partial charge on any atom is -0.297 e. The van der Waals surface area contributed by atoms with Gasteiger partial charge in [0.25, 0.3) is 22.3 Å². The van der Waals surface area contributed by atoms with Gasteiger partial charge in [0.1, 0.15) is 11.6 Å². The molecule has 4 amide bonds. The van der Waals surface area contributed by atoms with E-state index in [1.807, 2.05) is 0 Å². The van der Waals surface area contributed by atoms with E-state index < -0.39 is 33.9 Å². The van der Waals surface area contributed by atoms with Crippen molar-refractivity contribution < 1.29 is 32.9 Å². The molecule has 2 aromatic rings. The molecule has 1 saturated carbocycles. The van der Waals surface area contributed by atoms with Crippen molar-refractivity contribution in [3.8, 4) is 0 Å². The highest BCUT2D eigenvalue weighted by atomic mass is 32.2. The maximum absolute atomic E-state index is 13.3. The first-order valence-electron chi connectivity index (χ1n) is 12.6. The fourth-order valence-corrected chi connectivity index (χ4v) is 6.60. The molecule has 202 valence electrons. The van der Waals surface area contributed by atoms with Gasteiger partial charge in [0.2, 0.25) is 0 Å². The predicted molar refractivity (Wildman–Crippen MR) is 146 cm³/mol. The van der Waals surface area contributed by atoms with Crippen molar-refractivity contribution in [1.82, 2.24) is 9.80 Å². The van der Waals surface area contributed by atoms with Gasteiger partial charge < -0.3 is 0 Å². The molecule has 0 aromatic heterocycles. The van der Waals surface area contributed by atoms with Crippen LogP contribution >= 0.6 is 23.5 Å². The molecule has 2 saturated heterocycles. The molecule has 11 heteroatoms. The number of benzene rings is 2. The fourth-order valence-electron chi connectivity index (χ4n) is 4.92. The molecule has 5 rings (SSSR count). The zero-order chi connectivity index (χ0) is 27.5. The Balaban J connectivity index is 1.34. The lowest BCUT2D eigenvalue weighted by molar-refractivity contribution is -0.940. The Labute approximate surface area is 232 Å². The average Bonchev–Trinajstić information content (AvgIpc) is 3.35. The highest BCUT2D eigenvalue weighted by Gasteiger charge is 2.43. The predicted octanol–water partition coefficient (Wildman–Crippen LogP) is 4.87. The summed E-state index contributed by atoms with van der Waals surface area (Å²) in [7, 11) is 0. The molecule has 0 radical (unpaired) electrons. The van der Waals surface area contributed by atoms with Crippen molar-refractivity contribution in [2.24, 2.45) is 0 Å². The van der Waals surface area contributed by atoms with Crippen molar-refractivity contribution >= 4 is 58.0 Å². The van der Waals surface area contributed by atoms with Crippen LogP contribution in [0.2, 0.25) is 0 Å². The molecular formula is C28H26F2N3O4S2+. The summed E-state index contributed by atoms with van der Waals surface area (Å²) < 4.78 is 26.5. The van der Waals surface area contributed by atoms with Crippen LogP contribution in [-0.4, -0.2) is 51.5 Å². The van der Waals surface area contributed by atoms with Crippen LogP contribution in [0.3, 0.4) is 0 Å². The van der Waals surface area contributed by atoms with Crippen molar-refractivity contribution in [1.29, 1.82) is 0 Å². The second-order valence-electron chi connectivity index (χ2n) is 9.63. The molecule has 39 heavy (non-hydrogen) atoms. The lowest BCUT2D eigenvalue weighted by atomic mass is 9.94. The van der Waals surface area contributed by atoms with Gasteiger partial charge in [-0.25, -0.2) is 18.6 Å². The number of carbonyl (C=O) groups excluding carboxylic acids is 4. The topological polar surface area (TPSA) is 79.2 Å². The van der Waals surface area contributed by atoms with E-state index in [-0.39, 0.29) is 29.2 Å². The molecule has 1 aliphatic carbocycles. The quantitative estimate of drug-likeness (QED) is 0.479. The van der Waals surface area contributed by atoms with Gasteiger partial charge >= 0.3 is 0 Å². The van der Waals surface area contributed by atoms with Crippen LogP contribution in [0, 0.1) is 11.6 Å². The number of hydrogen-bond acceptors (Lipinski definition) is 6. The summed E-state index contributed by atoms with van der Waals surface area (Å²) in [5, 5.41) is -0.848. The highest BCUT2D eigenvalue weighted by Crippen LogP contribution is 2.33. The van der Waals surface area contributed by atoms with E-state index in [9.17, 15) is 28.0 Å². The Hall–Kier alpha value is -3.28. The summed E-state index contributed by atoms with van der Waals surface area (Å²) >= 11 is 1.64. The molecule has 0 unspecified atom stereocenters. The molecule has 7 nitrogen and oxygen atoms in total. The Kier molecular flexibility index (Phi) is 8.29. The SMILES string of the molecule is O=C1S/C(=C\c2ccc(F)cc2)C(=O)N1C[NH+](CN1C(=O)S/C(=C\c2ccc(F)cc2)C1=O)C1CCCCC1.